The van der Waals surface area contributed by atoms with Crippen LogP contribution in [0.2, 0.25) is 0 Å². The van der Waals surface area contributed by atoms with Crippen molar-refractivity contribution in [1.82, 2.24) is 10.2 Å². The van der Waals surface area contributed by atoms with Gasteiger partial charge >= 0.3 is 6.18 Å². The van der Waals surface area contributed by atoms with Crippen molar-refractivity contribution >= 4 is 5.96 Å². The summed E-state index contributed by atoms with van der Waals surface area (Å²) in [4.78, 5) is 6.79. The zero-order valence-electron chi connectivity index (χ0n) is 17.7. The Balaban J connectivity index is 1.75. The van der Waals surface area contributed by atoms with Gasteiger partial charge in [0.2, 0.25) is 0 Å². The van der Waals surface area contributed by atoms with E-state index < -0.39 is 11.7 Å². The minimum atomic E-state index is -4.34. The second-order valence-corrected chi connectivity index (χ2v) is 7.01. The van der Waals surface area contributed by atoms with Crippen LogP contribution in [0.4, 0.5) is 13.2 Å². The van der Waals surface area contributed by atoms with Crippen molar-refractivity contribution in [2.45, 2.75) is 38.5 Å². The Morgan fingerprint density at radius 1 is 1.13 bits per heavy atom. The average molecular weight is 431 g/mol. The number of hydrogen-bond acceptors (Lipinski definition) is 4. The first-order valence-corrected chi connectivity index (χ1v) is 10.4. The highest BCUT2D eigenvalue weighted by Gasteiger charge is 2.30. The molecule has 0 amide bonds. The molecule has 6 nitrogen and oxygen atoms in total. The quantitative estimate of drug-likeness (QED) is 0.349. The molecule has 1 N–H and O–H groups in total. The molecule has 0 spiro atoms. The second kappa shape index (κ2) is 12.6. The lowest BCUT2D eigenvalue weighted by Crippen LogP contribution is -2.47. The Labute approximate surface area is 176 Å². The summed E-state index contributed by atoms with van der Waals surface area (Å²) in [5, 5.41) is 3.29. The molecule has 2 rings (SSSR count). The van der Waals surface area contributed by atoms with Crippen LogP contribution in [0, 0.1) is 0 Å². The van der Waals surface area contributed by atoms with Gasteiger partial charge in [-0.15, -0.1) is 0 Å². The SMILES string of the molecule is CCNC(=NCCOc1ccc(C(F)(F)F)cc1)N1CCC(OCCCOC)CC1. The molecule has 0 atom stereocenters. The molecule has 0 unspecified atom stereocenters. The average Bonchev–Trinajstić information content (AvgIpc) is 2.74. The first kappa shape index (κ1) is 24.3. The van der Waals surface area contributed by atoms with Gasteiger partial charge in [0.25, 0.3) is 0 Å². The lowest BCUT2D eigenvalue weighted by molar-refractivity contribution is -0.137. The van der Waals surface area contributed by atoms with Crippen molar-refractivity contribution in [1.29, 1.82) is 0 Å². The number of benzene rings is 1. The Kier molecular flexibility index (Phi) is 10.2. The van der Waals surface area contributed by atoms with Crippen molar-refractivity contribution in [3.05, 3.63) is 29.8 Å². The van der Waals surface area contributed by atoms with Gasteiger partial charge in [0.15, 0.2) is 5.96 Å². The highest BCUT2D eigenvalue weighted by atomic mass is 19.4. The summed E-state index contributed by atoms with van der Waals surface area (Å²) in [6.45, 7) is 6.63. The van der Waals surface area contributed by atoms with Gasteiger partial charge in [0.05, 0.1) is 18.2 Å². The minimum Gasteiger partial charge on any atom is -0.492 e. The molecular weight excluding hydrogens is 399 g/mol. The Morgan fingerprint density at radius 3 is 2.43 bits per heavy atom. The Bertz CT molecular complexity index is 631. The van der Waals surface area contributed by atoms with Crippen LogP contribution in [0.5, 0.6) is 5.75 Å². The molecule has 1 heterocycles. The van der Waals surface area contributed by atoms with Gasteiger partial charge in [-0.2, -0.15) is 13.2 Å². The molecular formula is C21H32F3N3O3. The molecule has 1 aliphatic rings. The smallest absolute Gasteiger partial charge is 0.416 e. The summed E-state index contributed by atoms with van der Waals surface area (Å²) in [5.41, 5.74) is -0.687. The van der Waals surface area contributed by atoms with E-state index in [1.54, 1.807) is 7.11 Å². The van der Waals surface area contributed by atoms with E-state index in [4.69, 9.17) is 14.2 Å². The topological polar surface area (TPSA) is 55.3 Å². The molecule has 1 aromatic carbocycles. The second-order valence-electron chi connectivity index (χ2n) is 7.01. The molecule has 1 saturated heterocycles. The summed E-state index contributed by atoms with van der Waals surface area (Å²) in [6, 6.07) is 4.69. The van der Waals surface area contributed by atoms with Gasteiger partial charge < -0.3 is 24.4 Å². The molecule has 30 heavy (non-hydrogen) atoms. The van der Waals surface area contributed by atoms with Gasteiger partial charge in [-0.1, -0.05) is 0 Å². The molecule has 0 aliphatic carbocycles. The lowest BCUT2D eigenvalue weighted by atomic mass is 10.1. The zero-order chi connectivity index (χ0) is 21.8. The van der Waals surface area contributed by atoms with Gasteiger partial charge in [-0.3, -0.25) is 0 Å². The van der Waals surface area contributed by atoms with Crippen molar-refractivity contribution in [2.24, 2.45) is 4.99 Å². The van der Waals surface area contributed by atoms with Crippen molar-refractivity contribution < 1.29 is 27.4 Å². The van der Waals surface area contributed by atoms with Crippen molar-refractivity contribution in [3.63, 3.8) is 0 Å². The number of nitrogens with zero attached hydrogens (tertiary/aromatic N) is 2. The fraction of sp³-hybridized carbons (Fsp3) is 0.667. The summed E-state index contributed by atoms with van der Waals surface area (Å²) >= 11 is 0. The van der Waals surface area contributed by atoms with E-state index in [-0.39, 0.29) is 6.10 Å². The molecule has 0 aromatic heterocycles. The van der Waals surface area contributed by atoms with Gasteiger partial charge in [-0.25, -0.2) is 4.99 Å². The van der Waals surface area contributed by atoms with Crippen LogP contribution in [0.15, 0.2) is 29.3 Å². The normalized spacial score (nSPS) is 16.0. The van der Waals surface area contributed by atoms with E-state index >= 15 is 0 Å². The lowest BCUT2D eigenvalue weighted by Gasteiger charge is -2.34. The molecule has 0 radical (unpaired) electrons. The number of nitrogens with one attached hydrogen (secondary N) is 1. The number of hydrogen-bond donors (Lipinski definition) is 1. The summed E-state index contributed by atoms with van der Waals surface area (Å²) in [5.74, 6) is 1.22. The summed E-state index contributed by atoms with van der Waals surface area (Å²) in [7, 11) is 1.69. The molecule has 0 bridgehead atoms. The van der Waals surface area contributed by atoms with Crippen LogP contribution < -0.4 is 10.1 Å². The minimum absolute atomic E-state index is 0.268. The van der Waals surface area contributed by atoms with Crippen LogP contribution in [-0.4, -0.2) is 70.1 Å². The number of alkyl halides is 3. The van der Waals surface area contributed by atoms with Crippen molar-refractivity contribution in [2.75, 3.05) is 53.1 Å². The third-order valence-corrected chi connectivity index (χ3v) is 4.73. The molecule has 1 aliphatic heterocycles. The zero-order valence-corrected chi connectivity index (χ0v) is 17.7. The van der Waals surface area contributed by atoms with E-state index in [2.05, 4.69) is 15.2 Å². The molecule has 170 valence electrons. The fourth-order valence-corrected chi connectivity index (χ4v) is 3.17. The van der Waals surface area contributed by atoms with Gasteiger partial charge in [-0.05, 0) is 50.5 Å². The van der Waals surface area contributed by atoms with Crippen LogP contribution in [0.25, 0.3) is 0 Å². The number of halogens is 3. The predicted octanol–water partition coefficient (Wildman–Crippen LogP) is 3.57. The monoisotopic (exact) mass is 431 g/mol. The third kappa shape index (κ3) is 8.39. The number of ether oxygens (including phenoxy) is 3. The van der Waals surface area contributed by atoms with Crippen LogP contribution >= 0.6 is 0 Å². The first-order chi connectivity index (χ1) is 14.4. The maximum absolute atomic E-state index is 12.6. The van der Waals surface area contributed by atoms with E-state index in [0.717, 1.165) is 57.0 Å². The highest BCUT2D eigenvalue weighted by Crippen LogP contribution is 2.30. The molecule has 1 fully saturated rings. The number of aliphatic imine (C=N–C) groups is 1. The number of methoxy groups -OCH3 is 1. The van der Waals surface area contributed by atoms with E-state index in [9.17, 15) is 13.2 Å². The number of guanidine groups is 1. The first-order valence-electron chi connectivity index (χ1n) is 10.4. The molecule has 0 saturated carbocycles. The molecule has 9 heteroatoms. The Morgan fingerprint density at radius 2 is 1.83 bits per heavy atom. The van der Waals surface area contributed by atoms with Crippen molar-refractivity contribution in [3.8, 4) is 5.75 Å². The number of piperidine rings is 1. The summed E-state index contributed by atoms with van der Waals surface area (Å²) in [6.07, 6.45) is -1.28. The number of likely N-dealkylation sites (tertiary alicyclic amines) is 1. The molecule has 1 aromatic rings. The predicted molar refractivity (Wildman–Crippen MR) is 110 cm³/mol. The largest absolute Gasteiger partial charge is 0.492 e. The van der Waals surface area contributed by atoms with Crippen LogP contribution in [0.3, 0.4) is 0 Å². The van der Waals surface area contributed by atoms with Crippen LogP contribution in [0.1, 0.15) is 31.7 Å². The maximum atomic E-state index is 12.6. The third-order valence-electron chi connectivity index (χ3n) is 4.73. The standard InChI is InChI=1S/C21H32F3N3O3/c1-3-25-20(27-12-9-19(10-13-27)29-15-4-14-28-2)26-11-16-30-18-7-5-17(6-8-18)21(22,23)24/h5-8,19H,3-4,9-16H2,1-2H3,(H,25,26). The fourth-order valence-electron chi connectivity index (χ4n) is 3.17. The summed E-state index contributed by atoms with van der Waals surface area (Å²) < 4.78 is 54.2. The Hall–Kier alpha value is -2.00. The van der Waals surface area contributed by atoms with E-state index in [1.165, 1.54) is 12.1 Å². The highest BCUT2D eigenvalue weighted by molar-refractivity contribution is 5.80. The van der Waals surface area contributed by atoms with Gasteiger partial charge in [0.1, 0.15) is 12.4 Å². The van der Waals surface area contributed by atoms with E-state index in [0.29, 0.717) is 32.1 Å². The van der Waals surface area contributed by atoms with Crippen LogP contribution in [-0.2, 0) is 15.7 Å². The van der Waals surface area contributed by atoms with E-state index in [1.807, 2.05) is 6.92 Å². The maximum Gasteiger partial charge on any atom is 0.416 e. The number of rotatable bonds is 10. The van der Waals surface area contributed by atoms with Gasteiger partial charge in [0, 0.05) is 40.0 Å².